The SMILES string of the molecule is CCC[C@@H](N)C(=O)NCCc1ncc[nH]1. The number of imidazole rings is 1. The van der Waals surface area contributed by atoms with E-state index in [1.165, 1.54) is 0 Å². The number of nitrogens with two attached hydrogens (primary N) is 1. The monoisotopic (exact) mass is 210 g/mol. The number of nitrogens with zero attached hydrogens (tertiary/aromatic N) is 1. The van der Waals surface area contributed by atoms with Gasteiger partial charge in [0.15, 0.2) is 0 Å². The zero-order valence-corrected chi connectivity index (χ0v) is 8.99. The molecule has 1 atom stereocenters. The number of aromatic nitrogens is 2. The fourth-order valence-corrected chi connectivity index (χ4v) is 1.31. The van der Waals surface area contributed by atoms with Crippen molar-refractivity contribution in [2.75, 3.05) is 6.54 Å². The van der Waals surface area contributed by atoms with Gasteiger partial charge in [-0.1, -0.05) is 13.3 Å². The van der Waals surface area contributed by atoms with Crippen molar-refractivity contribution in [3.63, 3.8) is 0 Å². The predicted molar refractivity (Wildman–Crippen MR) is 58.2 cm³/mol. The second-order valence-electron chi connectivity index (χ2n) is 3.47. The Balaban J connectivity index is 2.17. The molecule has 1 aromatic heterocycles. The number of hydrogen-bond donors (Lipinski definition) is 3. The van der Waals surface area contributed by atoms with Gasteiger partial charge >= 0.3 is 0 Å². The normalized spacial score (nSPS) is 12.4. The molecule has 0 saturated carbocycles. The molecule has 0 unspecified atom stereocenters. The molecule has 0 aliphatic carbocycles. The van der Waals surface area contributed by atoms with Crippen LogP contribution in [0.1, 0.15) is 25.6 Å². The number of carbonyl (C=O) groups excluding carboxylic acids is 1. The Morgan fingerprint density at radius 3 is 3.13 bits per heavy atom. The minimum absolute atomic E-state index is 0.0802. The molecule has 0 saturated heterocycles. The average Bonchev–Trinajstić information content (AvgIpc) is 2.71. The molecule has 1 rings (SSSR count). The zero-order chi connectivity index (χ0) is 11.1. The van der Waals surface area contributed by atoms with Gasteiger partial charge in [0.25, 0.3) is 0 Å². The second kappa shape index (κ2) is 6.19. The van der Waals surface area contributed by atoms with E-state index in [0.717, 1.165) is 18.7 Å². The van der Waals surface area contributed by atoms with Gasteiger partial charge in [-0.25, -0.2) is 4.98 Å². The van der Waals surface area contributed by atoms with Crippen LogP contribution in [0.3, 0.4) is 0 Å². The van der Waals surface area contributed by atoms with Crippen molar-refractivity contribution in [2.45, 2.75) is 32.2 Å². The number of rotatable bonds is 6. The molecular formula is C10H18N4O. The zero-order valence-electron chi connectivity index (χ0n) is 8.99. The lowest BCUT2D eigenvalue weighted by Crippen LogP contribution is -2.41. The fourth-order valence-electron chi connectivity index (χ4n) is 1.31. The summed E-state index contributed by atoms with van der Waals surface area (Å²) in [6.45, 7) is 2.58. The van der Waals surface area contributed by atoms with Crippen LogP contribution in [0.4, 0.5) is 0 Å². The third-order valence-electron chi connectivity index (χ3n) is 2.15. The van der Waals surface area contributed by atoms with Crippen LogP contribution >= 0.6 is 0 Å². The summed E-state index contributed by atoms with van der Waals surface area (Å²) in [7, 11) is 0. The third kappa shape index (κ3) is 4.12. The highest BCUT2D eigenvalue weighted by Crippen LogP contribution is 1.93. The molecule has 15 heavy (non-hydrogen) atoms. The van der Waals surface area contributed by atoms with Crippen LogP contribution in [-0.4, -0.2) is 28.5 Å². The Hall–Kier alpha value is -1.36. The lowest BCUT2D eigenvalue weighted by Gasteiger charge is -2.10. The molecule has 0 spiro atoms. The van der Waals surface area contributed by atoms with E-state index >= 15 is 0 Å². The summed E-state index contributed by atoms with van der Waals surface area (Å²) in [5, 5.41) is 2.78. The first-order valence-electron chi connectivity index (χ1n) is 5.25. The fraction of sp³-hybridized carbons (Fsp3) is 0.600. The van der Waals surface area contributed by atoms with Crippen molar-refractivity contribution in [3.8, 4) is 0 Å². The maximum Gasteiger partial charge on any atom is 0.236 e. The molecule has 1 heterocycles. The van der Waals surface area contributed by atoms with Crippen LogP contribution in [0, 0.1) is 0 Å². The van der Waals surface area contributed by atoms with Crippen LogP contribution in [0.15, 0.2) is 12.4 Å². The topological polar surface area (TPSA) is 83.8 Å². The number of nitrogens with one attached hydrogen (secondary N) is 2. The van der Waals surface area contributed by atoms with Crippen LogP contribution in [0.5, 0.6) is 0 Å². The number of aromatic amines is 1. The van der Waals surface area contributed by atoms with Crippen LogP contribution in [0.2, 0.25) is 0 Å². The van der Waals surface area contributed by atoms with E-state index in [1.807, 2.05) is 6.92 Å². The molecule has 0 aromatic carbocycles. The molecule has 5 nitrogen and oxygen atoms in total. The van der Waals surface area contributed by atoms with Crippen molar-refractivity contribution >= 4 is 5.91 Å². The summed E-state index contributed by atoms with van der Waals surface area (Å²) in [6, 6.07) is -0.383. The minimum atomic E-state index is -0.383. The number of hydrogen-bond acceptors (Lipinski definition) is 3. The molecule has 0 bridgehead atoms. The molecule has 1 aromatic rings. The standard InChI is InChI=1S/C10H18N4O/c1-2-3-8(11)10(15)14-5-4-9-12-6-7-13-9/h6-8H,2-5,11H2,1H3,(H,12,13)(H,14,15)/t8-/m1/s1. The molecule has 1 amide bonds. The van der Waals surface area contributed by atoms with E-state index in [9.17, 15) is 4.79 Å². The number of carbonyl (C=O) groups is 1. The Morgan fingerprint density at radius 2 is 2.53 bits per heavy atom. The Labute approximate surface area is 89.5 Å². The molecule has 5 heteroatoms. The van der Waals surface area contributed by atoms with E-state index in [4.69, 9.17) is 5.73 Å². The molecule has 0 fully saturated rings. The van der Waals surface area contributed by atoms with E-state index in [1.54, 1.807) is 12.4 Å². The highest BCUT2D eigenvalue weighted by Gasteiger charge is 2.10. The first-order valence-corrected chi connectivity index (χ1v) is 5.25. The number of H-pyrrole nitrogens is 1. The Kier molecular flexibility index (Phi) is 4.83. The van der Waals surface area contributed by atoms with Crippen LogP contribution in [-0.2, 0) is 11.2 Å². The van der Waals surface area contributed by atoms with Gasteiger partial charge in [0.05, 0.1) is 6.04 Å². The van der Waals surface area contributed by atoms with E-state index in [0.29, 0.717) is 13.0 Å². The van der Waals surface area contributed by atoms with Gasteiger partial charge in [0, 0.05) is 25.4 Å². The summed E-state index contributed by atoms with van der Waals surface area (Å²) < 4.78 is 0. The van der Waals surface area contributed by atoms with Gasteiger partial charge in [0.1, 0.15) is 5.82 Å². The highest BCUT2D eigenvalue weighted by molar-refractivity contribution is 5.81. The van der Waals surface area contributed by atoms with Gasteiger partial charge in [-0.05, 0) is 6.42 Å². The van der Waals surface area contributed by atoms with Crippen LogP contribution in [0.25, 0.3) is 0 Å². The molecule has 4 N–H and O–H groups in total. The molecule has 84 valence electrons. The summed E-state index contributed by atoms with van der Waals surface area (Å²) in [6.07, 6.45) is 5.82. The van der Waals surface area contributed by atoms with E-state index < -0.39 is 0 Å². The molecule has 0 aliphatic rings. The summed E-state index contributed by atoms with van der Waals surface area (Å²) >= 11 is 0. The minimum Gasteiger partial charge on any atom is -0.354 e. The lowest BCUT2D eigenvalue weighted by molar-refractivity contribution is -0.122. The summed E-state index contributed by atoms with van der Waals surface area (Å²) in [4.78, 5) is 18.4. The van der Waals surface area contributed by atoms with Crippen molar-refractivity contribution in [3.05, 3.63) is 18.2 Å². The van der Waals surface area contributed by atoms with Gasteiger partial charge < -0.3 is 16.0 Å². The van der Waals surface area contributed by atoms with Crippen LogP contribution < -0.4 is 11.1 Å². The van der Waals surface area contributed by atoms with Crippen molar-refractivity contribution in [1.29, 1.82) is 0 Å². The predicted octanol–water partition coefficient (Wildman–Crippen LogP) is 0.196. The maximum atomic E-state index is 11.4. The molecular weight excluding hydrogens is 192 g/mol. The second-order valence-corrected chi connectivity index (χ2v) is 3.47. The van der Waals surface area contributed by atoms with E-state index in [-0.39, 0.29) is 11.9 Å². The lowest BCUT2D eigenvalue weighted by atomic mass is 10.2. The Bertz CT molecular complexity index is 284. The van der Waals surface area contributed by atoms with Gasteiger partial charge in [-0.3, -0.25) is 4.79 Å². The van der Waals surface area contributed by atoms with Crippen molar-refractivity contribution in [1.82, 2.24) is 15.3 Å². The van der Waals surface area contributed by atoms with Gasteiger partial charge in [-0.15, -0.1) is 0 Å². The third-order valence-corrected chi connectivity index (χ3v) is 2.15. The molecule has 0 radical (unpaired) electrons. The molecule has 0 aliphatic heterocycles. The average molecular weight is 210 g/mol. The first-order chi connectivity index (χ1) is 7.24. The first kappa shape index (κ1) is 11.7. The largest absolute Gasteiger partial charge is 0.354 e. The summed E-state index contributed by atoms with van der Waals surface area (Å²) in [5.41, 5.74) is 5.65. The number of amides is 1. The smallest absolute Gasteiger partial charge is 0.236 e. The van der Waals surface area contributed by atoms with Gasteiger partial charge in [-0.2, -0.15) is 0 Å². The van der Waals surface area contributed by atoms with Gasteiger partial charge in [0.2, 0.25) is 5.91 Å². The highest BCUT2D eigenvalue weighted by atomic mass is 16.2. The Morgan fingerprint density at radius 1 is 1.73 bits per heavy atom. The van der Waals surface area contributed by atoms with Crippen molar-refractivity contribution < 1.29 is 4.79 Å². The maximum absolute atomic E-state index is 11.4. The van der Waals surface area contributed by atoms with E-state index in [2.05, 4.69) is 15.3 Å². The van der Waals surface area contributed by atoms with Crippen molar-refractivity contribution in [2.24, 2.45) is 5.73 Å². The quantitative estimate of drug-likeness (QED) is 0.627. The summed E-state index contributed by atoms with van der Waals surface area (Å²) in [5.74, 6) is 0.794.